The van der Waals surface area contributed by atoms with Crippen LogP contribution in [0.25, 0.3) is 0 Å². The molecule has 0 bridgehead atoms. The molecule has 1 aliphatic carbocycles. The molecule has 0 radical (unpaired) electrons. The van der Waals surface area contributed by atoms with E-state index in [1.807, 2.05) is 54.6 Å². The van der Waals surface area contributed by atoms with Gasteiger partial charge in [-0.15, -0.1) is 0 Å². The Hall–Kier alpha value is -2.68. The minimum atomic E-state index is -0.832. The molecule has 23 heavy (non-hydrogen) atoms. The molecule has 0 N–H and O–H groups in total. The summed E-state index contributed by atoms with van der Waals surface area (Å²) in [5, 5.41) is 0. The third kappa shape index (κ3) is 2.29. The van der Waals surface area contributed by atoms with Crippen LogP contribution in [0.3, 0.4) is 0 Å². The lowest BCUT2D eigenvalue weighted by Gasteiger charge is -2.33. The number of nitrogens with zero attached hydrogens (tertiary/aromatic N) is 1. The van der Waals surface area contributed by atoms with Crippen LogP contribution in [0.2, 0.25) is 0 Å². The fourth-order valence-electron chi connectivity index (χ4n) is 3.41. The Bertz CT molecular complexity index is 780. The molecule has 1 aliphatic heterocycles. The number of benzene rings is 2. The zero-order chi connectivity index (χ0) is 15.7. The van der Waals surface area contributed by atoms with Crippen molar-refractivity contribution in [2.24, 2.45) is 4.99 Å². The molecule has 0 fully saturated rings. The number of carbonyl (C=O) groups is 1. The van der Waals surface area contributed by atoms with Crippen molar-refractivity contribution in [2.45, 2.75) is 24.3 Å². The van der Waals surface area contributed by atoms with E-state index in [2.05, 4.69) is 18.2 Å². The Morgan fingerprint density at radius 1 is 0.957 bits per heavy atom. The van der Waals surface area contributed by atoms with Gasteiger partial charge in [0.2, 0.25) is 5.90 Å². The van der Waals surface area contributed by atoms with E-state index >= 15 is 0 Å². The number of hydrogen-bond donors (Lipinski definition) is 0. The van der Waals surface area contributed by atoms with Crippen LogP contribution < -0.4 is 0 Å². The van der Waals surface area contributed by atoms with Crippen LogP contribution in [0, 0.1) is 0 Å². The van der Waals surface area contributed by atoms with Crippen molar-refractivity contribution < 1.29 is 9.53 Å². The maximum atomic E-state index is 12.7. The molecule has 4 rings (SSSR count). The molecule has 3 nitrogen and oxygen atoms in total. The largest absolute Gasteiger partial charge is 0.405 e. The van der Waals surface area contributed by atoms with Crippen LogP contribution in [-0.2, 0) is 9.53 Å². The molecular weight excluding hydrogens is 286 g/mol. The molecule has 0 aromatic heterocycles. The monoisotopic (exact) mass is 303 g/mol. The molecule has 2 aliphatic rings. The number of rotatable bonds is 2. The predicted octanol–water partition coefficient (Wildman–Crippen LogP) is 3.86. The predicted molar refractivity (Wildman–Crippen MR) is 89.4 cm³/mol. The van der Waals surface area contributed by atoms with Crippen molar-refractivity contribution in [2.75, 3.05) is 0 Å². The van der Waals surface area contributed by atoms with Crippen LogP contribution in [-0.4, -0.2) is 17.4 Å². The molecule has 0 amide bonds. The molecule has 3 heteroatoms. The number of allylic oxidation sites excluding steroid dienone is 1. The Kier molecular flexibility index (Phi) is 3.34. The highest BCUT2D eigenvalue weighted by atomic mass is 16.6. The average molecular weight is 303 g/mol. The summed E-state index contributed by atoms with van der Waals surface area (Å²) in [6, 6.07) is 19.7. The Morgan fingerprint density at radius 3 is 2.39 bits per heavy atom. The van der Waals surface area contributed by atoms with Crippen LogP contribution in [0.15, 0.2) is 77.8 Å². The van der Waals surface area contributed by atoms with E-state index in [0.29, 0.717) is 12.3 Å². The van der Waals surface area contributed by atoms with Gasteiger partial charge in [-0.2, -0.15) is 0 Å². The topological polar surface area (TPSA) is 38.7 Å². The quantitative estimate of drug-likeness (QED) is 0.624. The molecule has 0 saturated heterocycles. The molecule has 1 spiro atoms. The lowest BCUT2D eigenvalue weighted by atomic mass is 9.73. The van der Waals surface area contributed by atoms with E-state index in [0.717, 1.165) is 17.5 Å². The molecule has 2 atom stereocenters. The zero-order valence-electron chi connectivity index (χ0n) is 12.7. The van der Waals surface area contributed by atoms with Crippen LogP contribution in [0.1, 0.15) is 29.9 Å². The van der Waals surface area contributed by atoms with Crippen molar-refractivity contribution in [3.05, 3.63) is 83.9 Å². The van der Waals surface area contributed by atoms with Crippen LogP contribution >= 0.6 is 0 Å². The van der Waals surface area contributed by atoms with Crippen molar-refractivity contribution in [1.82, 2.24) is 0 Å². The lowest BCUT2D eigenvalue weighted by molar-refractivity contribution is -0.139. The summed E-state index contributed by atoms with van der Waals surface area (Å²) in [7, 11) is 0. The van der Waals surface area contributed by atoms with Crippen molar-refractivity contribution in [1.29, 1.82) is 0 Å². The number of cyclic esters (lactones) is 1. The van der Waals surface area contributed by atoms with Crippen LogP contribution in [0.5, 0.6) is 0 Å². The molecule has 1 heterocycles. The third-order valence-electron chi connectivity index (χ3n) is 4.61. The maximum absolute atomic E-state index is 12.7. The minimum Gasteiger partial charge on any atom is -0.405 e. The van der Waals surface area contributed by atoms with Gasteiger partial charge >= 0.3 is 5.97 Å². The van der Waals surface area contributed by atoms with E-state index in [9.17, 15) is 4.79 Å². The normalized spacial score (nSPS) is 26.2. The summed E-state index contributed by atoms with van der Waals surface area (Å²) in [5.41, 5.74) is 1.15. The summed E-state index contributed by atoms with van der Waals surface area (Å²) in [4.78, 5) is 17.5. The summed E-state index contributed by atoms with van der Waals surface area (Å²) >= 11 is 0. The molecule has 0 unspecified atom stereocenters. The van der Waals surface area contributed by atoms with Crippen LogP contribution in [0.4, 0.5) is 0 Å². The zero-order valence-corrected chi connectivity index (χ0v) is 12.7. The van der Waals surface area contributed by atoms with E-state index in [-0.39, 0.29) is 11.9 Å². The van der Waals surface area contributed by atoms with Gasteiger partial charge in [-0.1, -0.05) is 60.7 Å². The molecule has 2 aromatic carbocycles. The van der Waals surface area contributed by atoms with Gasteiger partial charge < -0.3 is 4.74 Å². The lowest BCUT2D eigenvalue weighted by Crippen LogP contribution is -2.41. The van der Waals surface area contributed by atoms with Gasteiger partial charge in [0.1, 0.15) is 0 Å². The van der Waals surface area contributed by atoms with E-state index in [4.69, 9.17) is 9.73 Å². The fraction of sp³-hybridized carbons (Fsp3) is 0.200. The molecular formula is C20H17NO2. The SMILES string of the molecule is O=C1OC(c2ccccc2)=N[C@@]12CC=CC[C@@H]2c1ccccc1. The summed E-state index contributed by atoms with van der Waals surface area (Å²) in [5.74, 6) is 0.212. The summed E-state index contributed by atoms with van der Waals surface area (Å²) in [6.07, 6.45) is 5.55. The fourth-order valence-corrected chi connectivity index (χ4v) is 3.41. The molecule has 0 saturated carbocycles. The highest BCUT2D eigenvalue weighted by molar-refractivity contribution is 6.08. The Balaban J connectivity index is 1.79. The molecule has 114 valence electrons. The second-order valence-corrected chi connectivity index (χ2v) is 5.97. The van der Waals surface area contributed by atoms with E-state index in [1.54, 1.807) is 0 Å². The number of hydrogen-bond acceptors (Lipinski definition) is 3. The first-order chi connectivity index (χ1) is 11.3. The Morgan fingerprint density at radius 2 is 1.65 bits per heavy atom. The van der Waals surface area contributed by atoms with Gasteiger partial charge in [0.25, 0.3) is 0 Å². The third-order valence-corrected chi connectivity index (χ3v) is 4.61. The first-order valence-electron chi connectivity index (χ1n) is 7.87. The van der Waals surface area contributed by atoms with Gasteiger partial charge in [0, 0.05) is 17.9 Å². The Labute approximate surface area is 135 Å². The second-order valence-electron chi connectivity index (χ2n) is 5.97. The van der Waals surface area contributed by atoms with Gasteiger partial charge in [-0.25, -0.2) is 9.79 Å². The van der Waals surface area contributed by atoms with Crippen molar-refractivity contribution in [3.63, 3.8) is 0 Å². The second kappa shape index (κ2) is 5.51. The molecule has 2 aromatic rings. The summed E-state index contributed by atoms with van der Waals surface area (Å²) < 4.78 is 5.57. The number of ether oxygens (including phenoxy) is 1. The highest BCUT2D eigenvalue weighted by Crippen LogP contribution is 2.44. The maximum Gasteiger partial charge on any atom is 0.341 e. The number of aliphatic imine (C=N–C) groups is 1. The number of esters is 1. The first kappa shape index (κ1) is 13.9. The van der Waals surface area contributed by atoms with Gasteiger partial charge in [0.15, 0.2) is 5.54 Å². The minimum absolute atomic E-state index is 0.0161. The van der Waals surface area contributed by atoms with Gasteiger partial charge in [0.05, 0.1) is 0 Å². The number of carbonyl (C=O) groups excluding carboxylic acids is 1. The average Bonchev–Trinajstić information content (AvgIpc) is 2.94. The van der Waals surface area contributed by atoms with Gasteiger partial charge in [-0.05, 0) is 24.1 Å². The smallest absolute Gasteiger partial charge is 0.341 e. The van der Waals surface area contributed by atoms with Crippen molar-refractivity contribution >= 4 is 11.9 Å². The highest BCUT2D eigenvalue weighted by Gasteiger charge is 2.52. The van der Waals surface area contributed by atoms with E-state index < -0.39 is 5.54 Å². The summed E-state index contributed by atoms with van der Waals surface area (Å²) in [6.45, 7) is 0. The first-order valence-corrected chi connectivity index (χ1v) is 7.87. The standard InChI is InChI=1S/C20H17NO2/c22-19-20(21-18(23-19)16-11-5-2-6-12-16)14-8-7-13-17(20)15-9-3-1-4-10-15/h1-12,17H,13-14H2/t17-,20-/m1/s1. The van der Waals surface area contributed by atoms with E-state index in [1.165, 1.54) is 0 Å². The van der Waals surface area contributed by atoms with Gasteiger partial charge in [-0.3, -0.25) is 0 Å². The van der Waals surface area contributed by atoms with Crippen molar-refractivity contribution in [3.8, 4) is 0 Å².